The van der Waals surface area contributed by atoms with Crippen LogP contribution in [-0.2, 0) is 16.0 Å². The second-order valence-corrected chi connectivity index (χ2v) is 3.25. The van der Waals surface area contributed by atoms with E-state index in [1.165, 1.54) is 6.33 Å². The molecule has 0 aliphatic carbocycles. The maximum absolute atomic E-state index is 11.3. The van der Waals surface area contributed by atoms with Crippen molar-refractivity contribution in [2.75, 3.05) is 6.54 Å². The molecule has 1 atom stereocenters. The number of nitrogens with zero attached hydrogens (tertiary/aromatic N) is 2. The smallest absolute Gasteiger partial charge is 0.237 e. The summed E-state index contributed by atoms with van der Waals surface area (Å²) in [6, 6.07) is -0.896. The minimum absolute atomic E-state index is 0.159. The molecule has 0 fully saturated rings. The van der Waals surface area contributed by atoms with E-state index in [1.807, 2.05) is 0 Å². The van der Waals surface area contributed by atoms with Crippen LogP contribution in [0.5, 0.6) is 0 Å². The number of nitrogens with two attached hydrogens (primary N) is 2. The lowest BCUT2D eigenvalue weighted by Gasteiger charge is -2.09. The van der Waals surface area contributed by atoms with Gasteiger partial charge in [0.25, 0.3) is 0 Å². The predicted molar refractivity (Wildman–Crippen MR) is 54.9 cm³/mol. The highest BCUT2D eigenvalue weighted by atomic mass is 16.2. The Kier molecular flexibility index (Phi) is 4.40. The Bertz CT molecular complexity index is 349. The van der Waals surface area contributed by atoms with E-state index >= 15 is 0 Å². The molecule has 1 heterocycles. The summed E-state index contributed by atoms with van der Waals surface area (Å²) in [6.07, 6.45) is 1.75. The molecule has 16 heavy (non-hydrogen) atoms. The van der Waals surface area contributed by atoms with E-state index in [2.05, 4.69) is 20.5 Å². The molecule has 0 aliphatic rings. The molecule has 8 nitrogen and oxygen atoms in total. The van der Waals surface area contributed by atoms with Gasteiger partial charge < -0.3 is 16.8 Å². The van der Waals surface area contributed by atoms with E-state index in [1.54, 1.807) is 0 Å². The molecule has 88 valence electrons. The number of H-pyrrole nitrogens is 1. The zero-order valence-corrected chi connectivity index (χ0v) is 8.64. The molecule has 8 heteroatoms. The van der Waals surface area contributed by atoms with E-state index in [0.717, 1.165) is 0 Å². The van der Waals surface area contributed by atoms with E-state index in [4.69, 9.17) is 11.5 Å². The minimum atomic E-state index is -0.896. The molecule has 1 aromatic rings. The average molecular weight is 226 g/mol. The van der Waals surface area contributed by atoms with E-state index in [0.29, 0.717) is 18.8 Å². The fraction of sp³-hybridized carbons (Fsp3) is 0.500. The van der Waals surface area contributed by atoms with Gasteiger partial charge in [-0.1, -0.05) is 0 Å². The molecule has 1 aromatic heterocycles. The number of aromatic nitrogens is 3. The Balaban J connectivity index is 2.22. The van der Waals surface area contributed by atoms with Gasteiger partial charge in [0.2, 0.25) is 11.8 Å². The van der Waals surface area contributed by atoms with Crippen molar-refractivity contribution in [3.63, 3.8) is 0 Å². The van der Waals surface area contributed by atoms with Gasteiger partial charge in [-0.05, 0) is 0 Å². The molecular formula is C8H14N6O2. The minimum Gasteiger partial charge on any atom is -0.370 e. The second kappa shape index (κ2) is 5.81. The van der Waals surface area contributed by atoms with Crippen molar-refractivity contribution in [2.45, 2.75) is 18.9 Å². The molecule has 1 rings (SSSR count). The number of amides is 2. The molecule has 6 N–H and O–H groups in total. The Morgan fingerprint density at radius 2 is 2.31 bits per heavy atom. The number of hydrogen-bond donors (Lipinski definition) is 4. The van der Waals surface area contributed by atoms with Crippen molar-refractivity contribution >= 4 is 11.8 Å². The van der Waals surface area contributed by atoms with Crippen LogP contribution >= 0.6 is 0 Å². The van der Waals surface area contributed by atoms with Crippen LogP contribution in [-0.4, -0.2) is 39.6 Å². The number of rotatable bonds is 6. The molecule has 0 saturated carbocycles. The van der Waals surface area contributed by atoms with Crippen molar-refractivity contribution in [2.24, 2.45) is 11.5 Å². The SMILES string of the molecule is NC(=O)CC(N)C(=O)NCCc1ncn[nH]1. The highest BCUT2D eigenvalue weighted by Crippen LogP contribution is 1.89. The Morgan fingerprint density at radius 3 is 2.88 bits per heavy atom. The summed E-state index contributed by atoms with van der Waals surface area (Å²) in [5, 5.41) is 8.88. The number of hydrogen-bond acceptors (Lipinski definition) is 5. The monoisotopic (exact) mass is 226 g/mol. The molecule has 0 bridgehead atoms. The summed E-state index contributed by atoms with van der Waals surface area (Å²) in [7, 11) is 0. The van der Waals surface area contributed by atoms with Crippen molar-refractivity contribution < 1.29 is 9.59 Å². The van der Waals surface area contributed by atoms with Gasteiger partial charge in [0.1, 0.15) is 12.2 Å². The lowest BCUT2D eigenvalue weighted by molar-refractivity contribution is -0.126. The van der Waals surface area contributed by atoms with Crippen LogP contribution < -0.4 is 16.8 Å². The first-order valence-electron chi connectivity index (χ1n) is 4.75. The quantitative estimate of drug-likeness (QED) is 0.430. The van der Waals surface area contributed by atoms with Crippen LogP contribution in [0.1, 0.15) is 12.2 Å². The van der Waals surface area contributed by atoms with Crippen LogP contribution in [0.4, 0.5) is 0 Å². The Hall–Kier alpha value is -1.96. The summed E-state index contributed by atoms with van der Waals surface area (Å²) in [5.41, 5.74) is 10.3. The van der Waals surface area contributed by atoms with Crippen molar-refractivity contribution in [1.29, 1.82) is 0 Å². The average Bonchev–Trinajstić information content (AvgIpc) is 2.69. The van der Waals surface area contributed by atoms with Crippen LogP contribution in [0.25, 0.3) is 0 Å². The largest absolute Gasteiger partial charge is 0.370 e. The number of primary amides is 1. The molecular weight excluding hydrogens is 212 g/mol. The standard InChI is InChI=1S/C8H14N6O2/c9-5(3-6(10)15)8(16)11-2-1-7-12-4-13-14-7/h4-5H,1-3,9H2,(H2,10,15)(H,11,16)(H,12,13,14). The first kappa shape index (κ1) is 12.1. The maximum Gasteiger partial charge on any atom is 0.237 e. The number of carbonyl (C=O) groups is 2. The summed E-state index contributed by atoms with van der Waals surface area (Å²) in [4.78, 5) is 25.7. The Labute approximate surface area is 91.8 Å². The van der Waals surface area contributed by atoms with Crippen LogP contribution in [0.2, 0.25) is 0 Å². The number of nitrogens with one attached hydrogen (secondary N) is 2. The van der Waals surface area contributed by atoms with Crippen molar-refractivity contribution in [1.82, 2.24) is 20.5 Å². The van der Waals surface area contributed by atoms with Gasteiger partial charge in [-0.25, -0.2) is 4.98 Å². The van der Waals surface area contributed by atoms with Gasteiger partial charge in [-0.3, -0.25) is 14.7 Å². The van der Waals surface area contributed by atoms with Gasteiger partial charge in [-0.2, -0.15) is 5.10 Å². The molecule has 0 aliphatic heterocycles. The summed E-state index contributed by atoms with van der Waals surface area (Å²) < 4.78 is 0. The van der Waals surface area contributed by atoms with Crippen LogP contribution in [0.15, 0.2) is 6.33 Å². The first-order valence-corrected chi connectivity index (χ1v) is 4.75. The van der Waals surface area contributed by atoms with Crippen molar-refractivity contribution in [3.8, 4) is 0 Å². The highest BCUT2D eigenvalue weighted by Gasteiger charge is 2.15. The molecule has 0 aromatic carbocycles. The predicted octanol–water partition coefficient (Wildman–Crippen LogP) is -2.33. The van der Waals surface area contributed by atoms with Gasteiger partial charge in [0.15, 0.2) is 0 Å². The maximum atomic E-state index is 11.3. The highest BCUT2D eigenvalue weighted by molar-refractivity contribution is 5.87. The first-order chi connectivity index (χ1) is 7.59. The lowest BCUT2D eigenvalue weighted by atomic mass is 10.2. The molecule has 2 amide bonds. The summed E-state index contributed by atoms with van der Waals surface area (Å²) in [5.74, 6) is -0.333. The van der Waals surface area contributed by atoms with Crippen molar-refractivity contribution in [3.05, 3.63) is 12.2 Å². The normalized spacial score (nSPS) is 12.1. The van der Waals surface area contributed by atoms with Gasteiger partial charge in [0.05, 0.1) is 12.5 Å². The number of aromatic amines is 1. The molecule has 0 saturated heterocycles. The van der Waals surface area contributed by atoms with Crippen LogP contribution in [0.3, 0.4) is 0 Å². The third kappa shape index (κ3) is 4.05. The third-order valence-electron chi connectivity index (χ3n) is 1.88. The zero-order valence-electron chi connectivity index (χ0n) is 8.64. The van der Waals surface area contributed by atoms with E-state index < -0.39 is 17.9 Å². The topological polar surface area (TPSA) is 140 Å². The zero-order chi connectivity index (χ0) is 12.0. The van der Waals surface area contributed by atoms with E-state index in [9.17, 15) is 9.59 Å². The molecule has 1 unspecified atom stereocenters. The number of carbonyl (C=O) groups excluding carboxylic acids is 2. The fourth-order valence-corrected chi connectivity index (χ4v) is 1.10. The van der Waals surface area contributed by atoms with Gasteiger partial charge >= 0.3 is 0 Å². The summed E-state index contributed by atoms with van der Waals surface area (Å²) in [6.45, 7) is 0.375. The lowest BCUT2D eigenvalue weighted by Crippen LogP contribution is -2.43. The molecule has 0 spiro atoms. The van der Waals surface area contributed by atoms with Crippen LogP contribution in [0, 0.1) is 0 Å². The molecule has 0 radical (unpaired) electrons. The Morgan fingerprint density at radius 1 is 1.56 bits per heavy atom. The second-order valence-electron chi connectivity index (χ2n) is 3.25. The van der Waals surface area contributed by atoms with Gasteiger partial charge in [0, 0.05) is 13.0 Å². The summed E-state index contributed by atoms with van der Waals surface area (Å²) >= 11 is 0. The fourth-order valence-electron chi connectivity index (χ4n) is 1.10. The third-order valence-corrected chi connectivity index (χ3v) is 1.88. The van der Waals surface area contributed by atoms with Gasteiger partial charge in [-0.15, -0.1) is 0 Å². The van der Waals surface area contributed by atoms with E-state index in [-0.39, 0.29) is 6.42 Å².